The third-order valence-corrected chi connectivity index (χ3v) is 4.26. The van der Waals surface area contributed by atoms with Crippen LogP contribution >= 0.6 is 0 Å². The Balaban J connectivity index is 1.51. The molecule has 0 spiro atoms. The first-order valence-corrected chi connectivity index (χ1v) is 9.62. The van der Waals surface area contributed by atoms with Gasteiger partial charge in [-0.05, 0) is 61.4 Å². The molecule has 0 fully saturated rings. The van der Waals surface area contributed by atoms with Crippen LogP contribution < -0.4 is 9.47 Å². The van der Waals surface area contributed by atoms with Crippen molar-refractivity contribution in [1.82, 2.24) is 0 Å². The fourth-order valence-electron chi connectivity index (χ4n) is 2.66. The van der Waals surface area contributed by atoms with Crippen LogP contribution in [0.2, 0.25) is 0 Å². The lowest BCUT2D eigenvalue weighted by Gasteiger charge is -2.05. The number of unbranched alkanes of at least 4 members (excludes halogenated alkanes) is 4. The summed E-state index contributed by atoms with van der Waals surface area (Å²) in [5, 5.41) is 0. The van der Waals surface area contributed by atoms with Gasteiger partial charge in [-0.1, -0.05) is 19.3 Å². The van der Waals surface area contributed by atoms with E-state index in [1.165, 1.54) is 0 Å². The maximum absolute atomic E-state index is 11.8. The molecule has 6 heteroatoms. The molecular formula is C23H24O6. The lowest BCUT2D eigenvalue weighted by molar-refractivity contribution is -0.135. The van der Waals surface area contributed by atoms with Crippen LogP contribution in [0, 0.1) is 0 Å². The second-order valence-electron chi connectivity index (χ2n) is 6.59. The molecule has 2 aromatic rings. The summed E-state index contributed by atoms with van der Waals surface area (Å²) in [4.78, 5) is 44.7. The zero-order chi connectivity index (χ0) is 20.9. The van der Waals surface area contributed by atoms with Crippen molar-refractivity contribution in [3.8, 4) is 11.5 Å². The van der Waals surface area contributed by atoms with E-state index in [1.54, 1.807) is 48.5 Å². The molecule has 29 heavy (non-hydrogen) atoms. The van der Waals surface area contributed by atoms with Gasteiger partial charge < -0.3 is 9.47 Å². The van der Waals surface area contributed by atoms with E-state index in [0.29, 0.717) is 35.5 Å². The fourth-order valence-corrected chi connectivity index (χ4v) is 2.66. The molecule has 2 aromatic carbocycles. The Morgan fingerprint density at radius 2 is 0.931 bits per heavy atom. The van der Waals surface area contributed by atoms with Crippen molar-refractivity contribution in [3.05, 3.63) is 59.7 Å². The van der Waals surface area contributed by atoms with E-state index in [1.807, 2.05) is 0 Å². The van der Waals surface area contributed by atoms with Crippen LogP contribution in [0.4, 0.5) is 0 Å². The minimum atomic E-state index is -0.298. The van der Waals surface area contributed by atoms with Crippen molar-refractivity contribution >= 4 is 24.5 Å². The Hall–Kier alpha value is -3.28. The van der Waals surface area contributed by atoms with Crippen LogP contribution in [-0.2, 0) is 9.59 Å². The molecule has 6 nitrogen and oxygen atoms in total. The van der Waals surface area contributed by atoms with Crippen LogP contribution in [0.5, 0.6) is 11.5 Å². The average Bonchev–Trinajstić information content (AvgIpc) is 2.74. The summed E-state index contributed by atoms with van der Waals surface area (Å²) in [5.41, 5.74) is 1.06. The van der Waals surface area contributed by atoms with Crippen molar-refractivity contribution in [2.75, 3.05) is 0 Å². The summed E-state index contributed by atoms with van der Waals surface area (Å²) >= 11 is 0. The average molecular weight is 396 g/mol. The first-order valence-electron chi connectivity index (χ1n) is 9.62. The Morgan fingerprint density at radius 1 is 0.586 bits per heavy atom. The zero-order valence-corrected chi connectivity index (χ0v) is 16.2. The van der Waals surface area contributed by atoms with Gasteiger partial charge in [-0.3, -0.25) is 19.2 Å². The molecule has 0 unspecified atom stereocenters. The van der Waals surface area contributed by atoms with Crippen molar-refractivity contribution in [2.45, 2.75) is 44.9 Å². The third-order valence-electron chi connectivity index (χ3n) is 4.26. The summed E-state index contributed by atoms with van der Waals surface area (Å²) in [6.45, 7) is 0. The molecular weight excluding hydrogens is 372 g/mol. The van der Waals surface area contributed by atoms with E-state index in [2.05, 4.69) is 0 Å². The zero-order valence-electron chi connectivity index (χ0n) is 16.2. The number of benzene rings is 2. The summed E-state index contributed by atoms with van der Waals surface area (Å²) in [5.74, 6) is 0.265. The number of esters is 2. The summed E-state index contributed by atoms with van der Waals surface area (Å²) in [6.07, 6.45) is 6.24. The van der Waals surface area contributed by atoms with Gasteiger partial charge in [0.05, 0.1) is 0 Å². The highest BCUT2D eigenvalue weighted by Crippen LogP contribution is 2.15. The van der Waals surface area contributed by atoms with Crippen LogP contribution in [0.3, 0.4) is 0 Å². The highest BCUT2D eigenvalue weighted by atomic mass is 16.5. The van der Waals surface area contributed by atoms with Gasteiger partial charge in [0.1, 0.15) is 24.1 Å². The van der Waals surface area contributed by atoms with E-state index in [4.69, 9.17) is 9.47 Å². The molecule has 0 saturated heterocycles. The standard InChI is InChI=1S/C23H24O6/c24-16-18-8-12-20(13-9-18)28-22(26)6-4-2-1-3-5-7-23(27)29-21-14-10-19(17-25)11-15-21/h8-17H,1-7H2. The van der Waals surface area contributed by atoms with Gasteiger partial charge in [-0.25, -0.2) is 0 Å². The van der Waals surface area contributed by atoms with Crippen LogP contribution in [0.15, 0.2) is 48.5 Å². The van der Waals surface area contributed by atoms with E-state index < -0.39 is 0 Å². The second kappa shape index (κ2) is 12.2. The maximum atomic E-state index is 11.8. The molecule has 0 amide bonds. The van der Waals surface area contributed by atoms with Crippen molar-refractivity contribution in [3.63, 3.8) is 0 Å². The molecule has 152 valence electrons. The first kappa shape index (κ1) is 22.0. The van der Waals surface area contributed by atoms with E-state index in [9.17, 15) is 19.2 Å². The number of hydrogen-bond donors (Lipinski definition) is 0. The summed E-state index contributed by atoms with van der Waals surface area (Å²) in [7, 11) is 0. The SMILES string of the molecule is O=Cc1ccc(OC(=O)CCCCCCCC(=O)Oc2ccc(C=O)cc2)cc1. The molecule has 0 atom stereocenters. The quantitative estimate of drug-likeness (QED) is 0.226. The second-order valence-corrected chi connectivity index (χ2v) is 6.59. The molecule has 0 bridgehead atoms. The van der Waals surface area contributed by atoms with Crippen molar-refractivity contribution < 1.29 is 28.7 Å². The summed E-state index contributed by atoms with van der Waals surface area (Å²) in [6, 6.07) is 12.8. The lowest BCUT2D eigenvalue weighted by atomic mass is 10.1. The van der Waals surface area contributed by atoms with Gasteiger partial charge >= 0.3 is 11.9 Å². The molecule has 0 aliphatic carbocycles. The van der Waals surface area contributed by atoms with E-state index in [-0.39, 0.29) is 11.9 Å². The largest absolute Gasteiger partial charge is 0.427 e. The van der Waals surface area contributed by atoms with Gasteiger partial charge in [0, 0.05) is 24.0 Å². The Morgan fingerprint density at radius 3 is 1.28 bits per heavy atom. The fraction of sp³-hybridized carbons (Fsp3) is 0.304. The minimum absolute atomic E-state index is 0.298. The Bertz CT molecular complexity index is 739. The van der Waals surface area contributed by atoms with Crippen LogP contribution in [0.1, 0.15) is 65.7 Å². The molecule has 0 aliphatic heterocycles. The highest BCUT2D eigenvalue weighted by Gasteiger charge is 2.07. The van der Waals surface area contributed by atoms with E-state index in [0.717, 1.165) is 44.7 Å². The van der Waals surface area contributed by atoms with Crippen LogP contribution in [-0.4, -0.2) is 24.5 Å². The van der Waals surface area contributed by atoms with Gasteiger partial charge in [0.2, 0.25) is 0 Å². The third kappa shape index (κ3) is 8.51. The predicted molar refractivity (Wildman–Crippen MR) is 107 cm³/mol. The summed E-state index contributed by atoms with van der Waals surface area (Å²) < 4.78 is 10.4. The van der Waals surface area contributed by atoms with Crippen molar-refractivity contribution in [1.29, 1.82) is 0 Å². The minimum Gasteiger partial charge on any atom is -0.427 e. The van der Waals surface area contributed by atoms with Gasteiger partial charge in [-0.15, -0.1) is 0 Å². The maximum Gasteiger partial charge on any atom is 0.311 e. The monoisotopic (exact) mass is 396 g/mol. The number of carbonyl (C=O) groups is 4. The molecule has 0 saturated carbocycles. The predicted octanol–water partition coefficient (Wildman–Crippen LogP) is 4.55. The lowest BCUT2D eigenvalue weighted by Crippen LogP contribution is -2.08. The number of ether oxygens (including phenoxy) is 2. The molecule has 0 N–H and O–H groups in total. The molecule has 0 aromatic heterocycles. The molecule has 0 heterocycles. The van der Waals surface area contributed by atoms with Gasteiger partial charge in [0.15, 0.2) is 0 Å². The first-order chi connectivity index (χ1) is 14.1. The molecule has 0 radical (unpaired) electrons. The normalized spacial score (nSPS) is 10.2. The number of carbonyl (C=O) groups excluding carboxylic acids is 4. The smallest absolute Gasteiger partial charge is 0.311 e. The Kier molecular flexibility index (Phi) is 9.29. The van der Waals surface area contributed by atoms with Crippen LogP contribution in [0.25, 0.3) is 0 Å². The number of aldehydes is 2. The molecule has 2 rings (SSSR count). The van der Waals surface area contributed by atoms with E-state index >= 15 is 0 Å². The number of hydrogen-bond acceptors (Lipinski definition) is 6. The topological polar surface area (TPSA) is 86.7 Å². The van der Waals surface area contributed by atoms with Gasteiger partial charge in [-0.2, -0.15) is 0 Å². The highest BCUT2D eigenvalue weighted by molar-refractivity contribution is 5.76. The van der Waals surface area contributed by atoms with Gasteiger partial charge in [0.25, 0.3) is 0 Å². The molecule has 0 aliphatic rings. The Labute approximate surface area is 169 Å². The van der Waals surface area contributed by atoms with Crippen molar-refractivity contribution in [2.24, 2.45) is 0 Å². The number of rotatable bonds is 12.